The molecule has 0 radical (unpaired) electrons. The molecule has 3 rings (SSSR count). The monoisotopic (exact) mass is 383 g/mol. The number of benzene rings is 1. The number of ketones is 1. The van der Waals surface area contributed by atoms with Crippen LogP contribution in [0.15, 0.2) is 41.1 Å². The van der Waals surface area contributed by atoms with Crippen LogP contribution in [0.4, 0.5) is 0 Å². The zero-order chi connectivity index (χ0) is 18.5. The van der Waals surface area contributed by atoms with Crippen molar-refractivity contribution in [2.75, 3.05) is 6.61 Å². The highest BCUT2D eigenvalue weighted by molar-refractivity contribution is 7.13. The molecule has 0 bridgehead atoms. The fourth-order valence-electron chi connectivity index (χ4n) is 2.14. The van der Waals surface area contributed by atoms with E-state index < -0.39 is 24.3 Å². The zero-order valence-electron chi connectivity index (χ0n) is 13.7. The van der Waals surface area contributed by atoms with Crippen LogP contribution in [0.5, 0.6) is 0 Å². The molecule has 26 heavy (non-hydrogen) atoms. The van der Waals surface area contributed by atoms with Crippen LogP contribution in [-0.4, -0.2) is 28.3 Å². The number of esters is 1. The molecule has 3 aromatic rings. The summed E-state index contributed by atoms with van der Waals surface area (Å²) >= 11 is 2.55. The minimum atomic E-state index is -1.03. The summed E-state index contributed by atoms with van der Waals surface area (Å²) in [6.45, 7) is 1.29. The van der Waals surface area contributed by atoms with E-state index in [0.29, 0.717) is 10.0 Å². The number of aromatic nitrogens is 2. The van der Waals surface area contributed by atoms with E-state index in [1.807, 2.05) is 36.4 Å². The Kier molecular flexibility index (Phi) is 5.51. The first-order valence-corrected chi connectivity index (χ1v) is 9.37. The van der Waals surface area contributed by atoms with Crippen LogP contribution in [-0.2, 0) is 9.53 Å². The Balaban J connectivity index is 1.63. The molecular formula is C18H13N3O3S2. The number of nitriles is 1. The highest BCUT2D eigenvalue weighted by Gasteiger charge is 2.25. The van der Waals surface area contributed by atoms with Crippen molar-refractivity contribution in [1.82, 2.24) is 9.97 Å². The van der Waals surface area contributed by atoms with Gasteiger partial charge in [-0.25, -0.2) is 14.8 Å². The predicted molar refractivity (Wildman–Crippen MR) is 98.0 cm³/mol. The Labute approximate surface area is 157 Å². The zero-order valence-corrected chi connectivity index (χ0v) is 15.3. The second kappa shape index (κ2) is 7.99. The van der Waals surface area contributed by atoms with E-state index in [0.717, 1.165) is 11.3 Å². The lowest BCUT2D eigenvalue weighted by atomic mass is 10.1. The molecule has 0 fully saturated rings. The van der Waals surface area contributed by atoms with E-state index in [9.17, 15) is 14.9 Å². The van der Waals surface area contributed by atoms with Crippen LogP contribution in [0.3, 0.4) is 0 Å². The first-order chi connectivity index (χ1) is 12.6. The van der Waals surface area contributed by atoms with Gasteiger partial charge >= 0.3 is 5.97 Å². The van der Waals surface area contributed by atoms with Gasteiger partial charge in [0, 0.05) is 22.0 Å². The maximum Gasteiger partial charge on any atom is 0.358 e. The van der Waals surface area contributed by atoms with Crippen molar-refractivity contribution in [3.8, 4) is 16.6 Å². The molecular weight excluding hydrogens is 370 g/mol. The number of carbonyl (C=O) groups excluding carboxylic acids is 2. The third-order valence-corrected chi connectivity index (χ3v) is 5.33. The Morgan fingerprint density at radius 1 is 1.19 bits per heavy atom. The first kappa shape index (κ1) is 17.9. The largest absolute Gasteiger partial charge is 0.453 e. The smallest absolute Gasteiger partial charge is 0.358 e. The minimum absolute atomic E-state index is 0.139. The SMILES string of the molecule is Cc1csc([C@@H](C#N)C(=O)COC(=O)c2csc(-c3ccccc3)n2)n1. The number of Topliss-reactive ketones (excluding diaryl/α,β-unsaturated/α-hetero) is 1. The Morgan fingerprint density at radius 3 is 2.62 bits per heavy atom. The standard InChI is InChI=1S/C18H13N3O3S2/c1-11-9-25-17(20-11)13(7-19)15(22)8-24-18(23)14-10-26-16(21-14)12-5-3-2-4-6-12/h2-6,9-10,13H,8H2,1H3/t13-/m0/s1. The van der Waals surface area contributed by atoms with E-state index in [-0.39, 0.29) is 5.69 Å². The lowest BCUT2D eigenvalue weighted by Gasteiger charge is -2.05. The summed E-state index contributed by atoms with van der Waals surface area (Å²) in [5.74, 6) is -2.23. The number of carbonyl (C=O) groups is 2. The average molecular weight is 383 g/mol. The van der Waals surface area contributed by atoms with Crippen molar-refractivity contribution in [3.05, 3.63) is 57.5 Å². The molecule has 2 heterocycles. The van der Waals surface area contributed by atoms with E-state index in [1.54, 1.807) is 17.7 Å². The van der Waals surface area contributed by atoms with Gasteiger partial charge < -0.3 is 4.74 Å². The molecule has 0 saturated heterocycles. The van der Waals surface area contributed by atoms with Gasteiger partial charge in [-0.1, -0.05) is 30.3 Å². The van der Waals surface area contributed by atoms with Gasteiger partial charge in [0.05, 0.1) is 6.07 Å². The summed E-state index contributed by atoms with van der Waals surface area (Å²) in [5.41, 5.74) is 1.78. The fraction of sp³-hybridized carbons (Fsp3) is 0.167. The average Bonchev–Trinajstić information content (AvgIpc) is 3.31. The molecule has 6 nitrogen and oxygen atoms in total. The lowest BCUT2D eigenvalue weighted by molar-refractivity contribution is -0.122. The number of ether oxygens (including phenoxy) is 1. The van der Waals surface area contributed by atoms with E-state index >= 15 is 0 Å². The number of nitrogens with zero attached hydrogens (tertiary/aromatic N) is 3. The molecule has 8 heteroatoms. The second-order valence-corrected chi connectivity index (χ2v) is 7.08. The van der Waals surface area contributed by atoms with Crippen molar-refractivity contribution < 1.29 is 14.3 Å². The van der Waals surface area contributed by atoms with E-state index in [1.165, 1.54) is 22.7 Å². The van der Waals surface area contributed by atoms with Crippen LogP contribution in [0.25, 0.3) is 10.6 Å². The molecule has 2 aromatic heterocycles. The maximum absolute atomic E-state index is 12.2. The highest BCUT2D eigenvalue weighted by atomic mass is 32.1. The molecule has 1 aromatic carbocycles. The summed E-state index contributed by atoms with van der Waals surface area (Å²) in [4.78, 5) is 32.7. The highest BCUT2D eigenvalue weighted by Crippen LogP contribution is 2.24. The molecule has 0 aliphatic rings. The molecule has 0 saturated carbocycles. The summed E-state index contributed by atoms with van der Waals surface area (Å²) in [5, 5.41) is 13.7. The predicted octanol–water partition coefficient (Wildman–Crippen LogP) is 3.61. The number of rotatable bonds is 6. The topological polar surface area (TPSA) is 92.9 Å². The van der Waals surface area contributed by atoms with Gasteiger partial charge in [0.1, 0.15) is 10.0 Å². The number of hydrogen-bond acceptors (Lipinski definition) is 8. The van der Waals surface area contributed by atoms with Gasteiger partial charge in [0.15, 0.2) is 24.0 Å². The molecule has 0 aliphatic heterocycles. The quantitative estimate of drug-likeness (QED) is 0.604. The Hall–Kier alpha value is -2.89. The van der Waals surface area contributed by atoms with Gasteiger partial charge in [0.25, 0.3) is 0 Å². The van der Waals surface area contributed by atoms with Crippen LogP contribution >= 0.6 is 22.7 Å². The Bertz CT molecular complexity index is 973. The van der Waals surface area contributed by atoms with E-state index in [4.69, 9.17) is 4.74 Å². The summed E-state index contributed by atoms with van der Waals surface area (Å²) < 4.78 is 5.03. The fourth-order valence-corrected chi connectivity index (χ4v) is 3.80. The maximum atomic E-state index is 12.2. The first-order valence-electron chi connectivity index (χ1n) is 7.61. The molecule has 130 valence electrons. The van der Waals surface area contributed by atoms with Crippen LogP contribution < -0.4 is 0 Å². The summed E-state index contributed by atoms with van der Waals surface area (Å²) in [7, 11) is 0. The van der Waals surface area contributed by atoms with Crippen molar-refractivity contribution >= 4 is 34.4 Å². The Morgan fingerprint density at radius 2 is 1.96 bits per heavy atom. The van der Waals surface area contributed by atoms with Crippen molar-refractivity contribution in [2.45, 2.75) is 12.8 Å². The number of thiazole rings is 2. The van der Waals surface area contributed by atoms with Gasteiger partial charge in [0.2, 0.25) is 0 Å². The minimum Gasteiger partial charge on any atom is -0.453 e. The van der Waals surface area contributed by atoms with Crippen LogP contribution in [0.2, 0.25) is 0 Å². The lowest BCUT2D eigenvalue weighted by Crippen LogP contribution is -2.20. The molecule has 0 N–H and O–H groups in total. The van der Waals surface area contributed by atoms with Gasteiger partial charge in [-0.2, -0.15) is 5.26 Å². The van der Waals surface area contributed by atoms with Gasteiger partial charge in [-0.3, -0.25) is 4.79 Å². The number of aryl methyl sites for hydroxylation is 1. The normalized spacial score (nSPS) is 11.5. The summed E-state index contributed by atoms with van der Waals surface area (Å²) in [6, 6.07) is 11.4. The number of hydrogen-bond donors (Lipinski definition) is 0. The third kappa shape index (κ3) is 4.02. The molecule has 0 unspecified atom stereocenters. The molecule has 1 atom stereocenters. The molecule has 0 amide bonds. The summed E-state index contributed by atoms with van der Waals surface area (Å²) in [6.07, 6.45) is 0. The van der Waals surface area contributed by atoms with Gasteiger partial charge in [-0.15, -0.1) is 22.7 Å². The van der Waals surface area contributed by atoms with Crippen molar-refractivity contribution in [3.63, 3.8) is 0 Å². The molecule has 0 spiro atoms. The van der Waals surface area contributed by atoms with Crippen LogP contribution in [0, 0.1) is 18.3 Å². The van der Waals surface area contributed by atoms with Crippen LogP contribution in [0.1, 0.15) is 27.1 Å². The van der Waals surface area contributed by atoms with E-state index in [2.05, 4.69) is 9.97 Å². The van der Waals surface area contributed by atoms with Gasteiger partial charge in [-0.05, 0) is 6.92 Å². The van der Waals surface area contributed by atoms with Crippen molar-refractivity contribution in [2.24, 2.45) is 0 Å². The second-order valence-electron chi connectivity index (χ2n) is 5.34. The molecule has 0 aliphatic carbocycles. The van der Waals surface area contributed by atoms with Crippen molar-refractivity contribution in [1.29, 1.82) is 5.26 Å². The third-order valence-electron chi connectivity index (χ3n) is 3.41.